The number of aliphatic hydroxyl groups is 1. The zero-order valence-corrected chi connectivity index (χ0v) is 12.5. The van der Waals surface area contributed by atoms with Gasteiger partial charge in [0.2, 0.25) is 0 Å². The minimum atomic E-state index is -0.227. The van der Waals surface area contributed by atoms with Gasteiger partial charge in [-0.2, -0.15) is 0 Å². The number of benzene rings is 1. The molecule has 0 aliphatic heterocycles. The molecule has 3 heteroatoms. The van der Waals surface area contributed by atoms with Crippen LogP contribution < -0.4 is 5.73 Å². The Morgan fingerprint density at radius 1 is 1.15 bits per heavy atom. The monoisotopic (exact) mass is 277 g/mol. The number of hydrogen-bond acceptors (Lipinski definition) is 3. The van der Waals surface area contributed by atoms with Gasteiger partial charge in [-0.3, -0.25) is 4.79 Å². The van der Waals surface area contributed by atoms with Crippen LogP contribution in [0.3, 0.4) is 0 Å². The number of hydrogen-bond donors (Lipinski definition) is 2. The summed E-state index contributed by atoms with van der Waals surface area (Å²) in [4.78, 5) is 12.0. The number of nitrogens with two attached hydrogens (primary N) is 1. The first-order valence-corrected chi connectivity index (χ1v) is 7.66. The highest BCUT2D eigenvalue weighted by molar-refractivity contribution is 5.96. The Labute approximate surface area is 122 Å². The van der Waals surface area contributed by atoms with Crippen molar-refractivity contribution in [3.05, 3.63) is 35.4 Å². The molecule has 112 valence electrons. The molecule has 3 nitrogen and oxygen atoms in total. The Kier molecular flexibility index (Phi) is 8.16. The molecule has 20 heavy (non-hydrogen) atoms. The lowest BCUT2D eigenvalue weighted by atomic mass is 10.0. The summed E-state index contributed by atoms with van der Waals surface area (Å²) in [7, 11) is 0. The smallest absolute Gasteiger partial charge is 0.162 e. The SMILES string of the molecule is CCCCCCCC(=O)c1ccc(C[C@H](N)CO)cc1. The minimum Gasteiger partial charge on any atom is -0.395 e. The van der Waals surface area contributed by atoms with Gasteiger partial charge >= 0.3 is 0 Å². The normalized spacial score (nSPS) is 12.3. The molecule has 0 amide bonds. The molecule has 1 aromatic carbocycles. The third kappa shape index (κ3) is 6.31. The molecule has 0 saturated carbocycles. The van der Waals surface area contributed by atoms with Gasteiger partial charge in [0.25, 0.3) is 0 Å². The van der Waals surface area contributed by atoms with Crippen molar-refractivity contribution in [1.29, 1.82) is 0 Å². The third-order valence-electron chi connectivity index (χ3n) is 3.52. The molecule has 0 bridgehead atoms. The van der Waals surface area contributed by atoms with Gasteiger partial charge in [0.15, 0.2) is 5.78 Å². The summed E-state index contributed by atoms with van der Waals surface area (Å²) in [6.45, 7) is 2.17. The Balaban J connectivity index is 2.37. The molecule has 0 aliphatic carbocycles. The first-order valence-electron chi connectivity index (χ1n) is 7.66. The second kappa shape index (κ2) is 9.67. The largest absolute Gasteiger partial charge is 0.395 e. The number of Topliss-reactive ketones (excluding diaryl/α,β-unsaturated/α-hetero) is 1. The lowest BCUT2D eigenvalue weighted by molar-refractivity contribution is 0.0979. The van der Waals surface area contributed by atoms with Gasteiger partial charge in [-0.15, -0.1) is 0 Å². The summed E-state index contributed by atoms with van der Waals surface area (Å²) in [6, 6.07) is 7.37. The number of ketones is 1. The summed E-state index contributed by atoms with van der Waals surface area (Å²) in [5, 5.41) is 8.92. The van der Waals surface area contributed by atoms with Crippen molar-refractivity contribution in [3.63, 3.8) is 0 Å². The summed E-state index contributed by atoms with van der Waals surface area (Å²) in [6.07, 6.45) is 7.11. The van der Waals surface area contributed by atoms with E-state index in [1.54, 1.807) is 0 Å². The molecular weight excluding hydrogens is 250 g/mol. The molecule has 0 unspecified atom stereocenters. The molecule has 0 spiro atoms. The Morgan fingerprint density at radius 2 is 1.80 bits per heavy atom. The van der Waals surface area contributed by atoms with E-state index in [1.807, 2.05) is 24.3 Å². The molecule has 0 fully saturated rings. The van der Waals surface area contributed by atoms with Crippen LogP contribution in [0.25, 0.3) is 0 Å². The summed E-state index contributed by atoms with van der Waals surface area (Å²) < 4.78 is 0. The molecule has 0 saturated heterocycles. The van der Waals surface area contributed by atoms with E-state index in [1.165, 1.54) is 19.3 Å². The number of rotatable bonds is 10. The zero-order valence-electron chi connectivity index (χ0n) is 12.5. The van der Waals surface area contributed by atoms with E-state index in [0.29, 0.717) is 12.8 Å². The van der Waals surface area contributed by atoms with Crippen LogP contribution in [0.2, 0.25) is 0 Å². The predicted octanol–water partition coefficient (Wildman–Crippen LogP) is 3.09. The van der Waals surface area contributed by atoms with Gasteiger partial charge in [0.05, 0.1) is 6.61 Å². The van der Waals surface area contributed by atoms with Crippen molar-refractivity contribution in [3.8, 4) is 0 Å². The lowest BCUT2D eigenvalue weighted by Gasteiger charge is -2.08. The third-order valence-corrected chi connectivity index (χ3v) is 3.52. The van der Waals surface area contributed by atoms with Crippen molar-refractivity contribution in [1.82, 2.24) is 0 Å². The molecular formula is C17H27NO2. The predicted molar refractivity (Wildman–Crippen MR) is 82.9 cm³/mol. The number of carbonyl (C=O) groups excluding carboxylic acids is 1. The maximum absolute atomic E-state index is 12.0. The highest BCUT2D eigenvalue weighted by Crippen LogP contribution is 2.12. The van der Waals surface area contributed by atoms with E-state index in [2.05, 4.69) is 6.92 Å². The van der Waals surface area contributed by atoms with E-state index < -0.39 is 0 Å². The van der Waals surface area contributed by atoms with E-state index >= 15 is 0 Å². The fourth-order valence-electron chi connectivity index (χ4n) is 2.23. The Hall–Kier alpha value is -1.19. The Bertz CT molecular complexity index is 386. The molecule has 1 rings (SSSR count). The van der Waals surface area contributed by atoms with Crippen molar-refractivity contribution < 1.29 is 9.90 Å². The minimum absolute atomic E-state index is 0.0154. The average molecular weight is 277 g/mol. The first kappa shape index (κ1) is 16.9. The topological polar surface area (TPSA) is 63.3 Å². The standard InChI is InChI=1S/C17H27NO2/c1-2-3-4-5-6-7-17(20)15-10-8-14(9-11-15)12-16(18)13-19/h8-11,16,19H,2-7,12-13,18H2,1H3/t16-/m0/s1. The van der Waals surface area contributed by atoms with Crippen molar-refractivity contribution in [2.45, 2.75) is 57.9 Å². The number of aliphatic hydroxyl groups excluding tert-OH is 1. The van der Waals surface area contributed by atoms with Gasteiger partial charge in [0, 0.05) is 18.0 Å². The second-order valence-corrected chi connectivity index (χ2v) is 5.43. The summed E-state index contributed by atoms with van der Waals surface area (Å²) in [5.74, 6) is 0.222. The van der Waals surface area contributed by atoms with E-state index in [-0.39, 0.29) is 18.4 Å². The summed E-state index contributed by atoms with van der Waals surface area (Å²) >= 11 is 0. The van der Waals surface area contributed by atoms with Gasteiger partial charge in [-0.1, -0.05) is 56.9 Å². The summed E-state index contributed by atoms with van der Waals surface area (Å²) in [5.41, 5.74) is 7.53. The van der Waals surface area contributed by atoms with Crippen molar-refractivity contribution in [2.24, 2.45) is 5.73 Å². The molecule has 1 atom stereocenters. The quantitative estimate of drug-likeness (QED) is 0.510. The number of carbonyl (C=O) groups is 1. The van der Waals surface area contributed by atoms with Gasteiger partial charge in [0.1, 0.15) is 0 Å². The van der Waals surface area contributed by atoms with Crippen LogP contribution in [-0.4, -0.2) is 23.5 Å². The lowest BCUT2D eigenvalue weighted by Crippen LogP contribution is -2.26. The second-order valence-electron chi connectivity index (χ2n) is 5.43. The maximum atomic E-state index is 12.0. The fourth-order valence-corrected chi connectivity index (χ4v) is 2.23. The van der Waals surface area contributed by atoms with Gasteiger partial charge < -0.3 is 10.8 Å². The zero-order chi connectivity index (χ0) is 14.8. The highest BCUT2D eigenvalue weighted by atomic mass is 16.3. The van der Waals surface area contributed by atoms with E-state index in [9.17, 15) is 4.79 Å². The van der Waals surface area contributed by atoms with Crippen LogP contribution in [0.5, 0.6) is 0 Å². The van der Waals surface area contributed by atoms with Crippen molar-refractivity contribution >= 4 is 5.78 Å². The van der Waals surface area contributed by atoms with Crippen LogP contribution in [-0.2, 0) is 6.42 Å². The van der Waals surface area contributed by atoms with Crippen LogP contribution in [0.15, 0.2) is 24.3 Å². The molecule has 0 aromatic heterocycles. The van der Waals surface area contributed by atoms with Gasteiger partial charge in [-0.25, -0.2) is 0 Å². The molecule has 0 heterocycles. The van der Waals surface area contributed by atoms with Crippen LogP contribution >= 0.6 is 0 Å². The first-order chi connectivity index (χ1) is 9.67. The van der Waals surface area contributed by atoms with E-state index in [4.69, 9.17) is 10.8 Å². The molecule has 0 aliphatic rings. The van der Waals surface area contributed by atoms with Crippen LogP contribution in [0.1, 0.15) is 61.4 Å². The Morgan fingerprint density at radius 3 is 2.40 bits per heavy atom. The van der Waals surface area contributed by atoms with Gasteiger partial charge in [-0.05, 0) is 18.4 Å². The molecule has 0 radical (unpaired) electrons. The average Bonchev–Trinajstić information content (AvgIpc) is 2.47. The van der Waals surface area contributed by atoms with Crippen molar-refractivity contribution in [2.75, 3.05) is 6.61 Å². The molecule has 1 aromatic rings. The fraction of sp³-hybridized carbons (Fsp3) is 0.588. The highest BCUT2D eigenvalue weighted by Gasteiger charge is 2.07. The van der Waals surface area contributed by atoms with E-state index in [0.717, 1.165) is 24.0 Å². The molecule has 3 N–H and O–H groups in total. The maximum Gasteiger partial charge on any atom is 0.162 e. The van der Waals surface area contributed by atoms with Crippen LogP contribution in [0.4, 0.5) is 0 Å². The number of unbranched alkanes of at least 4 members (excludes halogenated alkanes) is 4. The van der Waals surface area contributed by atoms with Crippen LogP contribution in [0, 0.1) is 0 Å².